The van der Waals surface area contributed by atoms with Crippen molar-refractivity contribution in [1.82, 2.24) is 9.88 Å². The first kappa shape index (κ1) is 14.5. The van der Waals surface area contributed by atoms with Gasteiger partial charge in [-0.05, 0) is 49.1 Å². The lowest BCUT2D eigenvalue weighted by Gasteiger charge is -2.37. The first-order valence-corrected chi connectivity index (χ1v) is 8.64. The highest BCUT2D eigenvalue weighted by atomic mass is 16.1. The normalized spacial score (nSPS) is 22.1. The van der Waals surface area contributed by atoms with Crippen LogP contribution in [0.25, 0.3) is 5.70 Å². The zero-order valence-electron chi connectivity index (χ0n) is 13.7. The van der Waals surface area contributed by atoms with Gasteiger partial charge < -0.3 is 4.90 Å². The predicted octanol–water partition coefficient (Wildman–Crippen LogP) is 2.99. The van der Waals surface area contributed by atoms with Gasteiger partial charge in [-0.1, -0.05) is 18.9 Å². The maximum atomic E-state index is 12.5. The highest BCUT2D eigenvalue weighted by Gasteiger charge is 2.45. The molecule has 1 aliphatic heterocycles. The number of fused-ring (bicyclic) bond motifs is 1. The lowest BCUT2D eigenvalue weighted by atomic mass is 9.88. The number of terminal acetylenes is 1. The van der Waals surface area contributed by atoms with Crippen LogP contribution in [-0.4, -0.2) is 28.8 Å². The first-order chi connectivity index (χ1) is 11.2. The molecule has 0 unspecified atom stereocenters. The van der Waals surface area contributed by atoms with E-state index in [1.165, 1.54) is 25.7 Å². The van der Waals surface area contributed by atoms with Gasteiger partial charge in [0.1, 0.15) is 0 Å². The molecule has 23 heavy (non-hydrogen) atoms. The van der Waals surface area contributed by atoms with Gasteiger partial charge in [0.05, 0.1) is 17.0 Å². The van der Waals surface area contributed by atoms with Gasteiger partial charge in [-0.25, -0.2) is 0 Å². The summed E-state index contributed by atoms with van der Waals surface area (Å²) >= 11 is 0. The summed E-state index contributed by atoms with van der Waals surface area (Å²) in [4.78, 5) is 19.6. The Labute approximate surface area is 137 Å². The second-order valence-electron chi connectivity index (χ2n) is 7.12. The maximum Gasteiger partial charge on any atom is 0.177 e. The molecule has 0 N–H and O–H groups in total. The standard InChI is InChI=1S/C20H22N2O/c1-3-15-6-5-14-13-17(23)16(4-2)19(18(14)21-15)22-11-9-20(7-8-20)10-12-22/h2,5-6H,3,7-13H2,1H3. The molecule has 0 bridgehead atoms. The molecule has 1 saturated heterocycles. The minimum atomic E-state index is 0.0627. The molecule has 1 aromatic heterocycles. The molecule has 0 aromatic carbocycles. The van der Waals surface area contributed by atoms with E-state index in [4.69, 9.17) is 11.4 Å². The van der Waals surface area contributed by atoms with Gasteiger partial charge in [-0.15, -0.1) is 6.42 Å². The maximum absolute atomic E-state index is 12.5. The molecule has 3 nitrogen and oxygen atoms in total. The number of carbonyl (C=O) groups is 1. The summed E-state index contributed by atoms with van der Waals surface area (Å²) in [7, 11) is 0. The van der Waals surface area contributed by atoms with E-state index in [2.05, 4.69) is 23.8 Å². The minimum absolute atomic E-state index is 0.0627. The zero-order valence-corrected chi connectivity index (χ0v) is 13.7. The van der Waals surface area contributed by atoms with E-state index in [-0.39, 0.29) is 5.78 Å². The number of carbonyl (C=O) groups excluding carboxylic acids is 1. The zero-order chi connectivity index (χ0) is 16.0. The summed E-state index contributed by atoms with van der Waals surface area (Å²) in [6.45, 7) is 4.09. The summed E-state index contributed by atoms with van der Waals surface area (Å²) in [6.07, 6.45) is 12.1. The second kappa shape index (κ2) is 5.23. The number of allylic oxidation sites excluding steroid dienone is 1. The van der Waals surface area contributed by atoms with Crippen LogP contribution in [0.5, 0.6) is 0 Å². The van der Waals surface area contributed by atoms with Crippen LogP contribution >= 0.6 is 0 Å². The number of ketones is 1. The van der Waals surface area contributed by atoms with E-state index in [0.29, 0.717) is 17.4 Å². The summed E-state index contributed by atoms with van der Waals surface area (Å²) in [5.41, 5.74) is 5.09. The van der Waals surface area contributed by atoms with Crippen LogP contribution in [-0.2, 0) is 17.6 Å². The molecule has 0 atom stereocenters. The van der Waals surface area contributed by atoms with Crippen molar-refractivity contribution in [2.75, 3.05) is 13.1 Å². The average Bonchev–Trinajstić information content (AvgIpc) is 3.33. The number of piperidine rings is 1. The van der Waals surface area contributed by atoms with E-state index in [9.17, 15) is 4.79 Å². The number of aromatic nitrogens is 1. The lowest BCUT2D eigenvalue weighted by Crippen LogP contribution is -2.36. The van der Waals surface area contributed by atoms with E-state index in [1.54, 1.807) is 0 Å². The Morgan fingerprint density at radius 3 is 2.61 bits per heavy atom. The lowest BCUT2D eigenvalue weighted by molar-refractivity contribution is -0.114. The third-order valence-corrected chi connectivity index (χ3v) is 5.73. The quantitative estimate of drug-likeness (QED) is 0.788. The topological polar surface area (TPSA) is 33.2 Å². The summed E-state index contributed by atoms with van der Waals surface area (Å²) in [6, 6.07) is 4.08. The molecule has 2 heterocycles. The summed E-state index contributed by atoms with van der Waals surface area (Å²) in [5.74, 6) is 2.73. The third-order valence-electron chi connectivity index (χ3n) is 5.73. The molecule has 4 rings (SSSR count). The number of hydrogen-bond acceptors (Lipinski definition) is 3. The Morgan fingerprint density at radius 2 is 2.00 bits per heavy atom. The van der Waals surface area contributed by atoms with Crippen molar-refractivity contribution in [3.63, 3.8) is 0 Å². The Bertz CT molecular complexity index is 739. The van der Waals surface area contributed by atoms with Gasteiger partial charge in [0.25, 0.3) is 0 Å². The van der Waals surface area contributed by atoms with Gasteiger partial charge >= 0.3 is 0 Å². The summed E-state index contributed by atoms with van der Waals surface area (Å²) < 4.78 is 0. The fraction of sp³-hybridized carbons (Fsp3) is 0.500. The fourth-order valence-electron chi connectivity index (χ4n) is 3.92. The number of nitrogens with zero attached hydrogens (tertiary/aromatic N) is 2. The molecule has 1 saturated carbocycles. The van der Waals surface area contributed by atoms with Gasteiger partial charge in [-0.3, -0.25) is 9.78 Å². The second-order valence-corrected chi connectivity index (χ2v) is 7.12. The molecule has 1 aromatic rings. The Balaban J connectivity index is 1.77. The van der Waals surface area contributed by atoms with Crippen LogP contribution < -0.4 is 0 Å². The predicted molar refractivity (Wildman–Crippen MR) is 90.6 cm³/mol. The van der Waals surface area contributed by atoms with Gasteiger partial charge in [0, 0.05) is 25.2 Å². The van der Waals surface area contributed by atoms with Gasteiger partial charge in [0.2, 0.25) is 0 Å². The van der Waals surface area contributed by atoms with E-state index in [1.807, 2.05) is 6.07 Å². The van der Waals surface area contributed by atoms with E-state index >= 15 is 0 Å². The number of rotatable bonds is 2. The number of pyridine rings is 1. The highest BCUT2D eigenvalue weighted by Crippen LogP contribution is 2.54. The van der Waals surface area contributed by atoms with Crippen molar-refractivity contribution in [3.8, 4) is 12.3 Å². The summed E-state index contributed by atoms with van der Waals surface area (Å²) in [5, 5.41) is 0. The minimum Gasteiger partial charge on any atom is -0.369 e. The monoisotopic (exact) mass is 306 g/mol. The van der Waals surface area contributed by atoms with Gasteiger partial charge in [0.15, 0.2) is 5.78 Å². The third kappa shape index (κ3) is 2.37. The number of aryl methyl sites for hydroxylation is 1. The average molecular weight is 306 g/mol. The molecule has 0 amide bonds. The molecular formula is C20H22N2O. The molecular weight excluding hydrogens is 284 g/mol. The van der Waals surface area contributed by atoms with Crippen LogP contribution in [0.2, 0.25) is 0 Å². The first-order valence-electron chi connectivity index (χ1n) is 8.64. The number of likely N-dealkylation sites (tertiary alicyclic amines) is 1. The molecule has 3 aliphatic rings. The largest absolute Gasteiger partial charge is 0.369 e. The van der Waals surface area contributed by atoms with Gasteiger partial charge in [-0.2, -0.15) is 0 Å². The molecule has 0 radical (unpaired) electrons. The fourth-order valence-corrected chi connectivity index (χ4v) is 3.92. The number of hydrogen-bond donors (Lipinski definition) is 0. The van der Waals surface area contributed by atoms with Crippen LogP contribution in [0, 0.1) is 17.8 Å². The highest BCUT2D eigenvalue weighted by molar-refractivity contribution is 6.09. The molecule has 2 fully saturated rings. The Morgan fingerprint density at radius 1 is 1.26 bits per heavy atom. The Hall–Kier alpha value is -2.08. The van der Waals surface area contributed by atoms with Crippen molar-refractivity contribution in [3.05, 3.63) is 34.7 Å². The SMILES string of the molecule is C#CC1=C(N2CCC3(CC2)CC3)c2nc(CC)ccc2CC1=O. The number of Topliss-reactive ketones (excluding diaryl/α,β-unsaturated/α-hetero) is 1. The smallest absolute Gasteiger partial charge is 0.177 e. The molecule has 118 valence electrons. The van der Waals surface area contributed by atoms with E-state index in [0.717, 1.165) is 42.2 Å². The Kier molecular flexibility index (Phi) is 3.30. The van der Waals surface area contributed by atoms with Crippen molar-refractivity contribution < 1.29 is 4.79 Å². The van der Waals surface area contributed by atoms with Crippen molar-refractivity contribution >= 4 is 11.5 Å². The van der Waals surface area contributed by atoms with Crippen molar-refractivity contribution in [2.45, 2.75) is 45.4 Å². The molecule has 2 aliphatic carbocycles. The van der Waals surface area contributed by atoms with Crippen LogP contribution in [0.15, 0.2) is 17.7 Å². The van der Waals surface area contributed by atoms with Crippen LogP contribution in [0.4, 0.5) is 0 Å². The van der Waals surface area contributed by atoms with Crippen LogP contribution in [0.3, 0.4) is 0 Å². The molecule has 3 heteroatoms. The molecule has 1 spiro atoms. The van der Waals surface area contributed by atoms with Crippen LogP contribution in [0.1, 0.15) is 49.6 Å². The van der Waals surface area contributed by atoms with E-state index < -0.39 is 0 Å². The van der Waals surface area contributed by atoms with Crippen molar-refractivity contribution in [1.29, 1.82) is 0 Å². The van der Waals surface area contributed by atoms with Crippen molar-refractivity contribution in [2.24, 2.45) is 5.41 Å².